The van der Waals surface area contributed by atoms with Gasteiger partial charge in [-0.25, -0.2) is 4.39 Å². The Morgan fingerprint density at radius 2 is 2.00 bits per heavy atom. The third kappa shape index (κ3) is 2.47. The molecular formula is C16H10ClFOS. The summed E-state index contributed by atoms with van der Waals surface area (Å²) >= 11 is 7.54. The van der Waals surface area contributed by atoms with Crippen LogP contribution in [-0.2, 0) is 6.42 Å². The lowest BCUT2D eigenvalue weighted by molar-refractivity contribution is 0.0993. The van der Waals surface area contributed by atoms with Crippen molar-refractivity contribution in [2.24, 2.45) is 0 Å². The number of carbonyl (C=O) groups is 1. The molecule has 0 N–H and O–H groups in total. The molecule has 0 saturated heterocycles. The van der Waals surface area contributed by atoms with Gasteiger partial charge < -0.3 is 0 Å². The van der Waals surface area contributed by atoms with Crippen molar-refractivity contribution in [3.8, 4) is 0 Å². The van der Waals surface area contributed by atoms with E-state index in [-0.39, 0.29) is 17.2 Å². The molecule has 3 aromatic rings. The molecule has 20 heavy (non-hydrogen) atoms. The van der Waals surface area contributed by atoms with Gasteiger partial charge in [0.25, 0.3) is 0 Å². The fourth-order valence-corrected chi connectivity index (χ4v) is 3.39. The van der Waals surface area contributed by atoms with E-state index in [9.17, 15) is 9.18 Å². The maximum absolute atomic E-state index is 13.0. The van der Waals surface area contributed by atoms with Gasteiger partial charge in [0.1, 0.15) is 5.82 Å². The van der Waals surface area contributed by atoms with Crippen LogP contribution in [0.3, 0.4) is 0 Å². The van der Waals surface area contributed by atoms with Crippen LogP contribution in [0.4, 0.5) is 4.39 Å². The smallest absolute Gasteiger partial charge is 0.168 e. The number of thiophene rings is 1. The van der Waals surface area contributed by atoms with Crippen molar-refractivity contribution in [1.82, 2.24) is 0 Å². The van der Waals surface area contributed by atoms with Gasteiger partial charge >= 0.3 is 0 Å². The van der Waals surface area contributed by atoms with Gasteiger partial charge in [0.05, 0.1) is 5.02 Å². The average Bonchev–Trinajstić information content (AvgIpc) is 2.82. The van der Waals surface area contributed by atoms with E-state index in [2.05, 4.69) is 0 Å². The van der Waals surface area contributed by atoms with Crippen molar-refractivity contribution in [2.75, 3.05) is 0 Å². The van der Waals surface area contributed by atoms with Crippen LogP contribution in [0.25, 0.3) is 10.1 Å². The molecule has 2 aromatic carbocycles. The van der Waals surface area contributed by atoms with Crippen LogP contribution in [-0.4, -0.2) is 5.78 Å². The number of hydrogen-bond acceptors (Lipinski definition) is 2. The summed E-state index contributed by atoms with van der Waals surface area (Å²) in [4.78, 5) is 12.3. The first kappa shape index (κ1) is 13.3. The molecule has 1 aromatic heterocycles. The van der Waals surface area contributed by atoms with Crippen LogP contribution >= 0.6 is 22.9 Å². The monoisotopic (exact) mass is 304 g/mol. The zero-order valence-corrected chi connectivity index (χ0v) is 12.0. The second-order valence-corrected chi connectivity index (χ2v) is 5.80. The minimum atomic E-state index is -0.437. The molecule has 3 rings (SSSR count). The first-order valence-electron chi connectivity index (χ1n) is 6.08. The fraction of sp³-hybridized carbons (Fsp3) is 0.0625. The van der Waals surface area contributed by atoms with Crippen LogP contribution in [0, 0.1) is 5.82 Å². The van der Waals surface area contributed by atoms with Crippen LogP contribution < -0.4 is 0 Å². The molecule has 0 aliphatic carbocycles. The summed E-state index contributed by atoms with van der Waals surface area (Å²) in [5.41, 5.74) is 1.35. The number of hydrogen-bond donors (Lipinski definition) is 0. The van der Waals surface area contributed by atoms with Gasteiger partial charge in [0.15, 0.2) is 5.78 Å². The molecule has 0 atom stereocenters. The fourth-order valence-electron chi connectivity index (χ4n) is 2.15. The summed E-state index contributed by atoms with van der Waals surface area (Å²) in [6, 6.07) is 11.8. The molecule has 0 radical (unpaired) electrons. The van der Waals surface area contributed by atoms with Crippen LogP contribution in [0.5, 0.6) is 0 Å². The molecular weight excluding hydrogens is 295 g/mol. The number of carbonyl (C=O) groups excluding carboxylic acids is 1. The Kier molecular flexibility index (Phi) is 3.55. The highest BCUT2D eigenvalue weighted by atomic mass is 35.5. The van der Waals surface area contributed by atoms with Crippen molar-refractivity contribution < 1.29 is 9.18 Å². The summed E-state index contributed by atoms with van der Waals surface area (Å²) in [7, 11) is 0. The van der Waals surface area contributed by atoms with Crippen LogP contribution in [0.1, 0.15) is 15.9 Å². The predicted octanol–water partition coefficient (Wildman–Crippen LogP) is 5.12. The average molecular weight is 305 g/mol. The molecule has 4 heteroatoms. The van der Waals surface area contributed by atoms with E-state index in [0.717, 1.165) is 15.6 Å². The molecule has 0 aliphatic rings. The van der Waals surface area contributed by atoms with E-state index >= 15 is 0 Å². The van der Waals surface area contributed by atoms with Gasteiger partial charge in [-0.1, -0.05) is 29.8 Å². The van der Waals surface area contributed by atoms with Crippen molar-refractivity contribution in [3.05, 3.63) is 69.8 Å². The van der Waals surface area contributed by atoms with Gasteiger partial charge in [0.2, 0.25) is 0 Å². The number of Topliss-reactive ketones (excluding diaryl/α,β-unsaturated/α-hetero) is 1. The van der Waals surface area contributed by atoms with E-state index in [0.29, 0.717) is 5.56 Å². The zero-order chi connectivity index (χ0) is 14.1. The largest absolute Gasteiger partial charge is 0.294 e. The first-order valence-corrected chi connectivity index (χ1v) is 7.34. The Morgan fingerprint density at radius 3 is 2.80 bits per heavy atom. The maximum Gasteiger partial charge on any atom is 0.168 e. The quantitative estimate of drug-likeness (QED) is 0.614. The Balaban J connectivity index is 1.92. The van der Waals surface area contributed by atoms with Crippen molar-refractivity contribution in [3.63, 3.8) is 0 Å². The zero-order valence-electron chi connectivity index (χ0n) is 10.4. The summed E-state index contributed by atoms with van der Waals surface area (Å²) < 4.78 is 14.2. The number of fused-ring (bicyclic) bond motifs is 1. The Labute approximate surface area is 124 Å². The van der Waals surface area contributed by atoms with Crippen molar-refractivity contribution >= 4 is 38.8 Å². The number of benzene rings is 2. The van der Waals surface area contributed by atoms with E-state index < -0.39 is 5.82 Å². The number of ketones is 1. The summed E-state index contributed by atoms with van der Waals surface area (Å²) in [6.45, 7) is 0. The summed E-state index contributed by atoms with van der Waals surface area (Å²) in [5.74, 6) is -0.536. The van der Waals surface area contributed by atoms with Crippen molar-refractivity contribution in [2.45, 2.75) is 6.42 Å². The third-order valence-corrected chi connectivity index (χ3v) is 4.47. The van der Waals surface area contributed by atoms with Gasteiger partial charge in [-0.05, 0) is 40.6 Å². The number of rotatable bonds is 3. The lowest BCUT2D eigenvalue weighted by atomic mass is 10.0. The summed E-state index contributed by atoms with van der Waals surface area (Å²) in [6.07, 6.45) is 0.273. The molecule has 0 aliphatic heterocycles. The molecule has 100 valence electrons. The van der Waals surface area contributed by atoms with Gasteiger partial charge in [-0.3, -0.25) is 4.79 Å². The van der Waals surface area contributed by atoms with Crippen molar-refractivity contribution in [1.29, 1.82) is 0 Å². The molecule has 0 amide bonds. The Morgan fingerprint density at radius 1 is 1.20 bits per heavy atom. The molecule has 0 fully saturated rings. The van der Waals surface area contributed by atoms with E-state index in [1.807, 2.05) is 29.6 Å². The van der Waals surface area contributed by atoms with Gasteiger partial charge in [0, 0.05) is 16.7 Å². The minimum absolute atomic E-state index is 0.0986. The van der Waals surface area contributed by atoms with Crippen LogP contribution in [0.15, 0.2) is 47.8 Å². The number of halogens is 2. The highest BCUT2D eigenvalue weighted by Crippen LogP contribution is 2.27. The normalized spacial score (nSPS) is 10.9. The lowest BCUT2D eigenvalue weighted by Crippen LogP contribution is -2.04. The highest BCUT2D eigenvalue weighted by molar-refractivity contribution is 7.17. The first-order chi connectivity index (χ1) is 9.65. The van der Waals surface area contributed by atoms with E-state index in [1.165, 1.54) is 18.2 Å². The molecule has 0 unspecified atom stereocenters. The van der Waals surface area contributed by atoms with E-state index in [1.54, 1.807) is 11.3 Å². The standard InChI is InChI=1S/C16H10ClFOS/c17-14-8-11(18)5-6-13(14)15(19)7-10-9-20-16-4-2-1-3-12(10)16/h1-6,8-9H,7H2. The lowest BCUT2D eigenvalue weighted by Gasteiger charge is -2.03. The SMILES string of the molecule is O=C(Cc1csc2ccccc12)c1ccc(F)cc1Cl. The van der Waals surface area contributed by atoms with Gasteiger partial charge in [-0.2, -0.15) is 0 Å². The minimum Gasteiger partial charge on any atom is -0.294 e. The Hall–Kier alpha value is -1.71. The molecule has 0 saturated carbocycles. The molecule has 0 bridgehead atoms. The molecule has 1 heterocycles. The topological polar surface area (TPSA) is 17.1 Å². The summed E-state index contributed by atoms with van der Waals surface area (Å²) in [5, 5.41) is 3.23. The van der Waals surface area contributed by atoms with Crippen LogP contribution in [0.2, 0.25) is 5.02 Å². The highest BCUT2D eigenvalue weighted by Gasteiger charge is 2.14. The maximum atomic E-state index is 13.0. The van der Waals surface area contributed by atoms with Gasteiger partial charge in [-0.15, -0.1) is 11.3 Å². The molecule has 0 spiro atoms. The van der Waals surface area contributed by atoms with E-state index in [4.69, 9.17) is 11.6 Å². The second kappa shape index (κ2) is 5.35. The molecule has 1 nitrogen and oxygen atoms in total. The second-order valence-electron chi connectivity index (χ2n) is 4.48. The third-order valence-electron chi connectivity index (χ3n) is 3.14. The Bertz CT molecular complexity index is 794. The predicted molar refractivity (Wildman–Crippen MR) is 81.3 cm³/mol.